The maximum Gasteiger partial charge on any atom is 0.185 e. The molecule has 8 heteroatoms. The van der Waals surface area contributed by atoms with Crippen molar-refractivity contribution in [2.75, 3.05) is 0 Å². The number of imidazole rings is 1. The Balaban J connectivity index is 1.63. The number of Topliss-reactive ketones (excluding diaryl/α,β-unsaturated/α-hetero) is 1. The van der Waals surface area contributed by atoms with E-state index < -0.39 is 5.41 Å². The van der Waals surface area contributed by atoms with Gasteiger partial charge >= 0.3 is 0 Å². The van der Waals surface area contributed by atoms with E-state index in [2.05, 4.69) is 20.1 Å². The molecule has 7 nitrogen and oxygen atoms in total. The molecule has 3 aromatic heterocycles. The number of fused-ring (bicyclic) bond motifs is 2. The Hall–Kier alpha value is -2.54. The summed E-state index contributed by atoms with van der Waals surface area (Å²) in [6, 6.07) is 1.67. The molecule has 0 unspecified atom stereocenters. The normalized spacial score (nSPS) is 22.2. The van der Waals surface area contributed by atoms with Gasteiger partial charge in [0, 0.05) is 30.4 Å². The monoisotopic (exact) mass is 383 g/mol. The van der Waals surface area contributed by atoms with E-state index >= 15 is 0 Å². The Morgan fingerprint density at radius 3 is 2.85 bits per heavy atom. The lowest BCUT2D eigenvalue weighted by molar-refractivity contribution is -0.128. The Morgan fingerprint density at radius 1 is 1.15 bits per heavy atom. The largest absolute Gasteiger partial charge is 0.359 e. The molecule has 1 atom stereocenters. The van der Waals surface area contributed by atoms with Crippen LogP contribution in [0.1, 0.15) is 49.8 Å². The minimum Gasteiger partial charge on any atom is -0.359 e. The molecule has 5 rings (SSSR count). The molecule has 0 amide bonds. The van der Waals surface area contributed by atoms with Crippen LogP contribution in [0.2, 0.25) is 5.15 Å². The summed E-state index contributed by atoms with van der Waals surface area (Å²) in [5.41, 5.74) is 1.03. The van der Waals surface area contributed by atoms with Gasteiger partial charge in [0.05, 0.1) is 5.41 Å². The molecule has 3 heterocycles. The van der Waals surface area contributed by atoms with Gasteiger partial charge in [-0.1, -0.05) is 23.2 Å². The van der Waals surface area contributed by atoms with Gasteiger partial charge in [-0.3, -0.25) is 9.36 Å². The topological polar surface area (TPSA) is 86.7 Å². The van der Waals surface area contributed by atoms with Crippen molar-refractivity contribution >= 4 is 17.4 Å². The van der Waals surface area contributed by atoms with Crippen molar-refractivity contribution in [2.45, 2.75) is 50.4 Å². The first-order chi connectivity index (χ1) is 13.2. The van der Waals surface area contributed by atoms with Gasteiger partial charge in [-0.25, -0.2) is 15.0 Å². The van der Waals surface area contributed by atoms with Crippen LogP contribution in [0.25, 0.3) is 17.3 Å². The van der Waals surface area contributed by atoms with Crippen LogP contribution in [-0.2, 0) is 16.6 Å². The predicted octanol–water partition coefficient (Wildman–Crippen LogP) is 3.69. The third-order valence-electron chi connectivity index (χ3n) is 5.71. The number of nitrogens with zero attached hydrogens (tertiary/aromatic N) is 5. The van der Waals surface area contributed by atoms with Gasteiger partial charge in [0.1, 0.15) is 23.1 Å². The zero-order valence-electron chi connectivity index (χ0n) is 14.7. The summed E-state index contributed by atoms with van der Waals surface area (Å²) in [6.07, 6.45) is 11.1. The summed E-state index contributed by atoms with van der Waals surface area (Å²) in [4.78, 5) is 25.8. The highest BCUT2D eigenvalue weighted by Gasteiger charge is 2.48. The standard InChI is InChI=1S/C19H18ClN5O2/c20-14-10-15(25-9-8-21-11-25)23-18(22-14)16-12-4-3-7-19(17(12)27-24-16)6-2-1-5-13(19)26/h8-11H,1-7H2/t19-/m1/s1. The van der Waals surface area contributed by atoms with Crippen LogP contribution in [0.3, 0.4) is 0 Å². The van der Waals surface area contributed by atoms with Gasteiger partial charge in [0.15, 0.2) is 17.3 Å². The highest BCUT2D eigenvalue weighted by molar-refractivity contribution is 6.29. The summed E-state index contributed by atoms with van der Waals surface area (Å²) in [7, 11) is 0. The number of halogens is 1. The van der Waals surface area contributed by atoms with Crippen molar-refractivity contribution in [3.8, 4) is 17.3 Å². The second-order valence-corrected chi connectivity index (χ2v) is 7.63. The average Bonchev–Trinajstić information content (AvgIpc) is 3.34. The lowest BCUT2D eigenvalue weighted by atomic mass is 9.64. The number of carbonyl (C=O) groups is 1. The summed E-state index contributed by atoms with van der Waals surface area (Å²) in [5.74, 6) is 2.03. The molecule has 138 valence electrons. The van der Waals surface area contributed by atoms with Gasteiger partial charge in [-0.15, -0.1) is 0 Å². The quantitative estimate of drug-likeness (QED) is 0.627. The molecule has 0 radical (unpaired) electrons. The van der Waals surface area contributed by atoms with Crippen LogP contribution in [0.5, 0.6) is 0 Å². The van der Waals surface area contributed by atoms with Crippen LogP contribution < -0.4 is 0 Å². The Morgan fingerprint density at radius 2 is 2.04 bits per heavy atom. The molecular formula is C19H18ClN5O2. The zero-order chi connectivity index (χ0) is 18.4. The number of hydrogen-bond donors (Lipinski definition) is 0. The first kappa shape index (κ1) is 16.6. The van der Waals surface area contributed by atoms with Crippen molar-refractivity contribution < 1.29 is 9.32 Å². The van der Waals surface area contributed by atoms with Crippen molar-refractivity contribution in [3.05, 3.63) is 41.3 Å². The predicted molar refractivity (Wildman–Crippen MR) is 97.8 cm³/mol. The first-order valence-electron chi connectivity index (χ1n) is 9.23. The number of ketones is 1. The van der Waals surface area contributed by atoms with E-state index in [1.807, 2.05) is 0 Å². The third kappa shape index (κ3) is 2.60. The highest BCUT2D eigenvalue weighted by atomic mass is 35.5. The van der Waals surface area contributed by atoms with Crippen molar-refractivity contribution in [1.82, 2.24) is 24.7 Å². The maximum atomic E-state index is 12.8. The molecule has 27 heavy (non-hydrogen) atoms. The fourth-order valence-corrected chi connectivity index (χ4v) is 4.59. The minimum absolute atomic E-state index is 0.281. The van der Waals surface area contributed by atoms with E-state index in [9.17, 15) is 4.79 Å². The number of hydrogen-bond acceptors (Lipinski definition) is 6. The SMILES string of the molecule is O=C1CCCC[C@@]12CCCc1c(-c3nc(Cl)cc(-n4ccnc4)n3)noc12. The van der Waals surface area contributed by atoms with Crippen molar-refractivity contribution in [1.29, 1.82) is 0 Å². The molecule has 0 saturated heterocycles. The molecule has 2 aliphatic rings. The van der Waals surface area contributed by atoms with Crippen LogP contribution in [0.4, 0.5) is 0 Å². The second kappa shape index (κ2) is 6.27. The van der Waals surface area contributed by atoms with Crippen LogP contribution in [-0.4, -0.2) is 30.5 Å². The average molecular weight is 384 g/mol. The molecule has 1 fully saturated rings. The minimum atomic E-state index is -0.511. The van der Waals surface area contributed by atoms with Crippen LogP contribution in [0, 0.1) is 0 Å². The molecular weight excluding hydrogens is 366 g/mol. The molecule has 0 bridgehead atoms. The van der Waals surface area contributed by atoms with E-state index in [1.54, 1.807) is 29.4 Å². The molecule has 2 aliphatic carbocycles. The highest BCUT2D eigenvalue weighted by Crippen LogP contribution is 2.47. The Kier molecular flexibility index (Phi) is 3.86. The van der Waals surface area contributed by atoms with Gasteiger partial charge in [0.25, 0.3) is 0 Å². The number of aromatic nitrogens is 5. The van der Waals surface area contributed by atoms with Crippen LogP contribution >= 0.6 is 11.6 Å². The molecule has 1 spiro atoms. The van der Waals surface area contributed by atoms with Crippen LogP contribution in [0.15, 0.2) is 29.3 Å². The second-order valence-electron chi connectivity index (χ2n) is 7.25. The number of carbonyl (C=O) groups excluding carboxylic acids is 1. The number of rotatable bonds is 2. The molecule has 0 N–H and O–H groups in total. The smallest absolute Gasteiger partial charge is 0.185 e. The van der Waals surface area contributed by atoms with Gasteiger partial charge in [0.2, 0.25) is 0 Å². The van der Waals surface area contributed by atoms with Gasteiger partial charge in [-0.05, 0) is 32.1 Å². The maximum absolute atomic E-state index is 12.8. The van der Waals surface area contributed by atoms with E-state index in [1.165, 1.54) is 0 Å². The van der Waals surface area contributed by atoms with E-state index in [4.69, 9.17) is 16.1 Å². The fraction of sp³-hybridized carbons (Fsp3) is 0.421. The third-order valence-corrected chi connectivity index (χ3v) is 5.90. The van der Waals surface area contributed by atoms with E-state index in [-0.39, 0.29) is 5.78 Å². The first-order valence-corrected chi connectivity index (χ1v) is 9.61. The van der Waals surface area contributed by atoms with Crippen molar-refractivity contribution in [3.63, 3.8) is 0 Å². The molecule has 3 aromatic rings. The summed E-state index contributed by atoms with van der Waals surface area (Å²) < 4.78 is 7.52. The lowest BCUT2D eigenvalue weighted by Crippen LogP contribution is -2.41. The van der Waals surface area contributed by atoms with Gasteiger partial charge < -0.3 is 4.52 Å². The Bertz CT molecular complexity index is 1010. The van der Waals surface area contributed by atoms with Crippen molar-refractivity contribution in [2.24, 2.45) is 0 Å². The van der Waals surface area contributed by atoms with Gasteiger partial charge in [-0.2, -0.15) is 0 Å². The molecule has 0 aliphatic heterocycles. The summed E-state index contributed by atoms with van der Waals surface area (Å²) in [6.45, 7) is 0. The van der Waals surface area contributed by atoms with E-state index in [0.717, 1.165) is 49.8 Å². The summed E-state index contributed by atoms with van der Waals surface area (Å²) >= 11 is 6.23. The molecule has 0 aromatic carbocycles. The van der Waals surface area contributed by atoms with E-state index in [0.29, 0.717) is 28.9 Å². The summed E-state index contributed by atoms with van der Waals surface area (Å²) in [5, 5.41) is 4.60. The fourth-order valence-electron chi connectivity index (χ4n) is 4.41. The Labute approximate surface area is 160 Å². The zero-order valence-corrected chi connectivity index (χ0v) is 15.4. The lowest BCUT2D eigenvalue weighted by Gasteiger charge is -2.36. The molecule has 1 saturated carbocycles.